The van der Waals surface area contributed by atoms with Crippen LogP contribution in [0.1, 0.15) is 37.3 Å². The van der Waals surface area contributed by atoms with E-state index in [1.807, 2.05) is 24.3 Å². The number of nitrogens with one attached hydrogen (secondary N) is 1. The Labute approximate surface area is 164 Å². The summed E-state index contributed by atoms with van der Waals surface area (Å²) in [7, 11) is 0. The predicted molar refractivity (Wildman–Crippen MR) is 107 cm³/mol. The van der Waals surface area contributed by atoms with Crippen LogP contribution < -0.4 is 10.1 Å². The number of benzene rings is 2. The summed E-state index contributed by atoms with van der Waals surface area (Å²) in [5.74, 6) is 0.524. The van der Waals surface area contributed by atoms with Crippen molar-refractivity contribution in [2.45, 2.75) is 39.3 Å². The molecule has 0 unspecified atom stereocenters. The highest BCUT2D eigenvalue weighted by atomic mass is 79.9. The normalized spacial score (nSPS) is 10.9. The fraction of sp³-hybridized carbons (Fsp3) is 0.429. The lowest BCUT2D eigenvalue weighted by Crippen LogP contribution is -2.17. The third-order valence-electron chi connectivity index (χ3n) is 3.96. The molecular formula is C21H27BrFNO2. The molecule has 0 aliphatic carbocycles. The second-order valence-corrected chi connectivity index (χ2v) is 7.04. The maximum absolute atomic E-state index is 13.7. The number of halogens is 2. The van der Waals surface area contributed by atoms with Crippen LogP contribution in [-0.2, 0) is 17.9 Å². The summed E-state index contributed by atoms with van der Waals surface area (Å²) >= 11 is 3.50. The third-order valence-corrected chi connectivity index (χ3v) is 4.46. The van der Waals surface area contributed by atoms with Gasteiger partial charge in [0.25, 0.3) is 0 Å². The van der Waals surface area contributed by atoms with Crippen LogP contribution in [0.4, 0.5) is 4.39 Å². The molecule has 0 radical (unpaired) electrons. The van der Waals surface area contributed by atoms with Gasteiger partial charge in [-0.15, -0.1) is 0 Å². The van der Waals surface area contributed by atoms with Gasteiger partial charge in [-0.2, -0.15) is 0 Å². The summed E-state index contributed by atoms with van der Waals surface area (Å²) < 4.78 is 26.2. The average Bonchev–Trinajstić information content (AvgIpc) is 2.64. The van der Waals surface area contributed by atoms with Gasteiger partial charge in [-0.25, -0.2) is 4.39 Å². The van der Waals surface area contributed by atoms with Crippen molar-refractivity contribution in [1.29, 1.82) is 0 Å². The van der Waals surface area contributed by atoms with E-state index in [0.29, 0.717) is 12.1 Å². The average molecular weight is 424 g/mol. The lowest BCUT2D eigenvalue weighted by atomic mass is 10.2. The molecule has 0 aliphatic rings. The molecule has 1 N–H and O–H groups in total. The molecule has 0 aromatic heterocycles. The topological polar surface area (TPSA) is 30.5 Å². The van der Waals surface area contributed by atoms with E-state index in [1.54, 1.807) is 12.1 Å². The minimum Gasteiger partial charge on any atom is -0.488 e. The lowest BCUT2D eigenvalue weighted by molar-refractivity contribution is 0.128. The number of hydrogen-bond donors (Lipinski definition) is 1. The smallest absolute Gasteiger partial charge is 0.129 e. The third kappa shape index (κ3) is 7.44. The van der Waals surface area contributed by atoms with Crippen molar-refractivity contribution >= 4 is 15.9 Å². The summed E-state index contributed by atoms with van der Waals surface area (Å²) in [4.78, 5) is 0. The van der Waals surface area contributed by atoms with Crippen LogP contribution in [-0.4, -0.2) is 19.8 Å². The van der Waals surface area contributed by atoms with E-state index in [4.69, 9.17) is 9.47 Å². The molecule has 2 rings (SSSR count). The van der Waals surface area contributed by atoms with Crippen LogP contribution in [0.3, 0.4) is 0 Å². The Hall–Kier alpha value is -1.43. The fourth-order valence-corrected chi connectivity index (χ4v) is 2.88. The van der Waals surface area contributed by atoms with E-state index in [0.717, 1.165) is 54.8 Å². The molecule has 0 spiro atoms. The van der Waals surface area contributed by atoms with Crippen molar-refractivity contribution in [3.05, 3.63) is 63.9 Å². The molecule has 0 amide bonds. The quantitative estimate of drug-likeness (QED) is 0.459. The van der Waals surface area contributed by atoms with Gasteiger partial charge in [-0.05, 0) is 43.7 Å². The minimum atomic E-state index is -0.243. The van der Waals surface area contributed by atoms with Gasteiger partial charge in [0.1, 0.15) is 18.2 Å². The van der Waals surface area contributed by atoms with Crippen LogP contribution in [0.5, 0.6) is 5.75 Å². The van der Waals surface area contributed by atoms with Gasteiger partial charge in [0.05, 0.1) is 0 Å². The van der Waals surface area contributed by atoms with Gasteiger partial charge >= 0.3 is 0 Å². The van der Waals surface area contributed by atoms with Gasteiger partial charge in [-0.1, -0.05) is 47.5 Å². The number of ether oxygens (including phenoxy) is 2. The van der Waals surface area contributed by atoms with E-state index in [-0.39, 0.29) is 12.4 Å². The molecule has 26 heavy (non-hydrogen) atoms. The summed E-state index contributed by atoms with van der Waals surface area (Å²) in [6.07, 6.45) is 3.26. The summed E-state index contributed by atoms with van der Waals surface area (Å²) in [5.41, 5.74) is 1.60. The van der Waals surface area contributed by atoms with E-state index < -0.39 is 0 Å². The highest BCUT2D eigenvalue weighted by molar-refractivity contribution is 9.10. The number of unbranched alkanes of at least 4 members (excludes halogenated alkanes) is 1. The first-order chi connectivity index (χ1) is 12.7. The van der Waals surface area contributed by atoms with Gasteiger partial charge in [0, 0.05) is 35.4 Å². The first kappa shape index (κ1) is 20.9. The highest BCUT2D eigenvalue weighted by Gasteiger charge is 2.07. The summed E-state index contributed by atoms with van der Waals surface area (Å²) in [5, 5.41) is 3.41. The largest absolute Gasteiger partial charge is 0.488 e. The highest BCUT2D eigenvalue weighted by Crippen LogP contribution is 2.24. The van der Waals surface area contributed by atoms with E-state index in [2.05, 4.69) is 28.2 Å². The van der Waals surface area contributed by atoms with Crippen LogP contribution in [0.15, 0.2) is 46.9 Å². The molecule has 0 bridgehead atoms. The molecule has 5 heteroatoms. The van der Waals surface area contributed by atoms with Crippen molar-refractivity contribution < 1.29 is 13.9 Å². The Balaban J connectivity index is 1.80. The SMILES string of the molecule is CCCCOCCCNCc1cc(Br)ccc1OCc1ccccc1F. The zero-order chi connectivity index (χ0) is 18.6. The van der Waals surface area contributed by atoms with Gasteiger partial charge in [0.2, 0.25) is 0 Å². The zero-order valence-electron chi connectivity index (χ0n) is 15.3. The van der Waals surface area contributed by atoms with Crippen LogP contribution >= 0.6 is 15.9 Å². The number of hydrogen-bond acceptors (Lipinski definition) is 3. The van der Waals surface area contributed by atoms with Gasteiger partial charge < -0.3 is 14.8 Å². The van der Waals surface area contributed by atoms with Gasteiger partial charge in [-0.3, -0.25) is 0 Å². The Morgan fingerprint density at radius 2 is 1.85 bits per heavy atom. The van der Waals surface area contributed by atoms with Crippen LogP contribution in [0.2, 0.25) is 0 Å². The molecule has 0 fully saturated rings. The van der Waals surface area contributed by atoms with Crippen molar-refractivity contribution in [1.82, 2.24) is 5.32 Å². The Morgan fingerprint density at radius 3 is 2.65 bits per heavy atom. The first-order valence-electron chi connectivity index (χ1n) is 9.13. The minimum absolute atomic E-state index is 0.215. The molecule has 0 aliphatic heterocycles. The first-order valence-corrected chi connectivity index (χ1v) is 9.93. The molecule has 0 heterocycles. The van der Waals surface area contributed by atoms with Crippen LogP contribution in [0, 0.1) is 5.82 Å². The van der Waals surface area contributed by atoms with Crippen molar-refractivity contribution in [2.24, 2.45) is 0 Å². The predicted octanol–water partition coefficient (Wildman–Crippen LogP) is 5.46. The van der Waals surface area contributed by atoms with E-state index in [9.17, 15) is 4.39 Å². The van der Waals surface area contributed by atoms with Crippen molar-refractivity contribution in [3.63, 3.8) is 0 Å². The van der Waals surface area contributed by atoms with Crippen molar-refractivity contribution in [2.75, 3.05) is 19.8 Å². The van der Waals surface area contributed by atoms with E-state index >= 15 is 0 Å². The van der Waals surface area contributed by atoms with Gasteiger partial charge in [0.15, 0.2) is 0 Å². The molecule has 3 nitrogen and oxygen atoms in total. The lowest BCUT2D eigenvalue weighted by Gasteiger charge is -2.13. The molecular weight excluding hydrogens is 397 g/mol. The molecule has 142 valence electrons. The Kier molecular flexibility index (Phi) is 9.67. The fourth-order valence-electron chi connectivity index (χ4n) is 2.47. The van der Waals surface area contributed by atoms with Crippen molar-refractivity contribution in [3.8, 4) is 5.75 Å². The Morgan fingerprint density at radius 1 is 1.04 bits per heavy atom. The number of rotatable bonds is 12. The molecule has 0 saturated carbocycles. The second kappa shape index (κ2) is 12.0. The molecule has 2 aromatic rings. The standard InChI is InChI=1S/C21H27BrFNO2/c1-2-3-12-25-13-6-11-24-15-18-14-19(22)9-10-21(18)26-16-17-7-4-5-8-20(17)23/h4-5,7-10,14,24H,2-3,6,11-13,15-16H2,1H3. The van der Waals surface area contributed by atoms with Crippen LogP contribution in [0.25, 0.3) is 0 Å². The maximum Gasteiger partial charge on any atom is 0.129 e. The maximum atomic E-state index is 13.7. The van der Waals surface area contributed by atoms with E-state index in [1.165, 1.54) is 6.07 Å². The Bertz CT molecular complexity index is 666. The molecule has 2 aromatic carbocycles. The molecule has 0 saturated heterocycles. The second-order valence-electron chi connectivity index (χ2n) is 6.13. The molecule has 0 atom stereocenters. The zero-order valence-corrected chi connectivity index (χ0v) is 16.9. The monoisotopic (exact) mass is 423 g/mol. The summed E-state index contributed by atoms with van der Waals surface area (Å²) in [6.45, 7) is 5.58. The summed E-state index contributed by atoms with van der Waals surface area (Å²) in [6, 6.07) is 12.6.